The Bertz CT molecular complexity index is 617. The summed E-state index contributed by atoms with van der Waals surface area (Å²) < 4.78 is 0. The SMILES string of the molecule is CCc1nc(CCNC(=NC)N(C)Cc2csc(C)n2)cs1. The van der Waals surface area contributed by atoms with Gasteiger partial charge in [0.1, 0.15) is 0 Å². The van der Waals surface area contributed by atoms with E-state index < -0.39 is 0 Å². The molecule has 1 N–H and O–H groups in total. The van der Waals surface area contributed by atoms with Crippen molar-refractivity contribution in [3.63, 3.8) is 0 Å². The minimum atomic E-state index is 0.765. The van der Waals surface area contributed by atoms with Crippen LogP contribution in [0.2, 0.25) is 0 Å². The quantitative estimate of drug-likeness (QED) is 0.650. The molecular formula is C15H23N5S2. The molecule has 0 unspecified atom stereocenters. The van der Waals surface area contributed by atoms with Crippen LogP contribution in [0.5, 0.6) is 0 Å². The van der Waals surface area contributed by atoms with Gasteiger partial charge in [0.05, 0.1) is 27.9 Å². The molecule has 2 rings (SSSR count). The van der Waals surface area contributed by atoms with Crippen LogP contribution >= 0.6 is 22.7 Å². The van der Waals surface area contributed by atoms with Crippen molar-refractivity contribution in [1.82, 2.24) is 20.2 Å². The Morgan fingerprint density at radius 3 is 2.64 bits per heavy atom. The van der Waals surface area contributed by atoms with E-state index in [4.69, 9.17) is 0 Å². The summed E-state index contributed by atoms with van der Waals surface area (Å²) in [6.45, 7) is 5.76. The Morgan fingerprint density at radius 2 is 2.05 bits per heavy atom. The van der Waals surface area contributed by atoms with Gasteiger partial charge in [-0.05, 0) is 13.3 Å². The Morgan fingerprint density at radius 1 is 1.27 bits per heavy atom. The van der Waals surface area contributed by atoms with Crippen LogP contribution in [-0.2, 0) is 19.4 Å². The average Bonchev–Trinajstić information content (AvgIpc) is 3.12. The number of thiazole rings is 2. The minimum absolute atomic E-state index is 0.765. The van der Waals surface area contributed by atoms with Crippen molar-refractivity contribution >= 4 is 28.6 Å². The maximum absolute atomic E-state index is 4.58. The van der Waals surface area contributed by atoms with Crippen molar-refractivity contribution in [3.8, 4) is 0 Å². The highest BCUT2D eigenvalue weighted by molar-refractivity contribution is 7.09. The number of aromatic nitrogens is 2. The molecule has 5 nitrogen and oxygen atoms in total. The smallest absolute Gasteiger partial charge is 0.193 e. The molecule has 0 saturated heterocycles. The minimum Gasteiger partial charge on any atom is -0.356 e. The third-order valence-corrected chi connectivity index (χ3v) is 5.07. The second-order valence-corrected chi connectivity index (χ2v) is 7.03. The predicted octanol–water partition coefficient (Wildman–Crippen LogP) is 2.72. The van der Waals surface area contributed by atoms with E-state index in [1.807, 2.05) is 21.0 Å². The fourth-order valence-corrected chi connectivity index (χ4v) is 3.50. The van der Waals surface area contributed by atoms with Gasteiger partial charge in [-0.3, -0.25) is 4.99 Å². The van der Waals surface area contributed by atoms with Crippen LogP contribution in [0.4, 0.5) is 0 Å². The van der Waals surface area contributed by atoms with Gasteiger partial charge >= 0.3 is 0 Å². The zero-order valence-corrected chi connectivity index (χ0v) is 15.2. The molecule has 22 heavy (non-hydrogen) atoms. The summed E-state index contributed by atoms with van der Waals surface area (Å²) in [5.74, 6) is 0.886. The second-order valence-electron chi connectivity index (χ2n) is 5.02. The van der Waals surface area contributed by atoms with Crippen molar-refractivity contribution in [2.75, 3.05) is 20.6 Å². The van der Waals surface area contributed by atoms with E-state index in [9.17, 15) is 0 Å². The zero-order valence-electron chi connectivity index (χ0n) is 13.6. The molecule has 2 aromatic heterocycles. The zero-order chi connectivity index (χ0) is 15.9. The van der Waals surface area contributed by atoms with Crippen LogP contribution in [0.15, 0.2) is 15.8 Å². The van der Waals surface area contributed by atoms with Crippen molar-refractivity contribution in [3.05, 3.63) is 32.2 Å². The first-order valence-corrected chi connectivity index (χ1v) is 9.14. The van der Waals surface area contributed by atoms with E-state index in [0.29, 0.717) is 0 Å². The summed E-state index contributed by atoms with van der Waals surface area (Å²) in [7, 11) is 3.84. The van der Waals surface area contributed by atoms with Crippen LogP contribution in [0.1, 0.15) is 28.3 Å². The molecule has 0 aliphatic carbocycles. The Hall–Kier alpha value is -1.47. The molecule has 0 bridgehead atoms. The van der Waals surface area contributed by atoms with E-state index in [-0.39, 0.29) is 0 Å². The largest absolute Gasteiger partial charge is 0.356 e. The molecule has 0 saturated carbocycles. The highest BCUT2D eigenvalue weighted by Crippen LogP contribution is 2.11. The number of nitrogens with one attached hydrogen (secondary N) is 1. The normalized spacial score (nSPS) is 11.7. The number of guanidine groups is 1. The van der Waals surface area contributed by atoms with Gasteiger partial charge in [0.2, 0.25) is 0 Å². The van der Waals surface area contributed by atoms with Crippen LogP contribution < -0.4 is 5.32 Å². The van der Waals surface area contributed by atoms with Gasteiger partial charge in [-0.15, -0.1) is 22.7 Å². The maximum Gasteiger partial charge on any atom is 0.193 e. The number of rotatable bonds is 6. The molecule has 7 heteroatoms. The lowest BCUT2D eigenvalue weighted by atomic mass is 10.3. The summed E-state index contributed by atoms with van der Waals surface area (Å²) in [5.41, 5.74) is 2.24. The lowest BCUT2D eigenvalue weighted by molar-refractivity contribution is 0.471. The molecule has 0 aliphatic rings. The van der Waals surface area contributed by atoms with Crippen LogP contribution in [0.3, 0.4) is 0 Å². The van der Waals surface area contributed by atoms with Crippen LogP contribution in [0, 0.1) is 6.92 Å². The summed E-state index contributed by atoms with van der Waals surface area (Å²) in [6, 6.07) is 0. The van der Waals surface area contributed by atoms with Crippen molar-refractivity contribution in [1.29, 1.82) is 0 Å². The summed E-state index contributed by atoms with van der Waals surface area (Å²) in [6.07, 6.45) is 1.93. The Labute approximate surface area is 140 Å². The molecule has 120 valence electrons. The first-order chi connectivity index (χ1) is 10.6. The number of nitrogens with zero attached hydrogens (tertiary/aromatic N) is 4. The highest BCUT2D eigenvalue weighted by atomic mass is 32.1. The summed E-state index contributed by atoms with van der Waals surface area (Å²) in [4.78, 5) is 15.5. The van der Waals surface area contributed by atoms with Crippen molar-refractivity contribution < 1.29 is 0 Å². The number of aliphatic imine (C=N–C) groups is 1. The van der Waals surface area contributed by atoms with Gasteiger partial charge in [0.25, 0.3) is 0 Å². The topological polar surface area (TPSA) is 53.4 Å². The standard InChI is InChI=1S/C15H23N5S2/c1-5-14-19-12(9-22-14)6-7-17-15(16-3)20(4)8-13-10-21-11(2)18-13/h9-10H,5-8H2,1-4H3,(H,16,17). The Kier molecular flexibility index (Phi) is 6.33. The Balaban J connectivity index is 1.81. The fourth-order valence-electron chi connectivity index (χ4n) is 2.11. The molecule has 2 heterocycles. The average molecular weight is 338 g/mol. The molecule has 0 aliphatic heterocycles. The highest BCUT2D eigenvalue weighted by Gasteiger charge is 2.08. The van der Waals surface area contributed by atoms with Gasteiger partial charge in [0, 0.05) is 37.8 Å². The maximum atomic E-state index is 4.58. The predicted molar refractivity (Wildman–Crippen MR) is 94.9 cm³/mol. The first-order valence-electron chi connectivity index (χ1n) is 7.38. The van der Waals surface area contributed by atoms with Crippen molar-refractivity contribution in [2.45, 2.75) is 33.2 Å². The van der Waals surface area contributed by atoms with E-state index in [2.05, 4.69) is 42.9 Å². The van der Waals surface area contributed by atoms with E-state index >= 15 is 0 Å². The fraction of sp³-hybridized carbons (Fsp3) is 0.533. The monoisotopic (exact) mass is 337 g/mol. The van der Waals surface area contributed by atoms with Crippen LogP contribution in [-0.4, -0.2) is 41.5 Å². The molecule has 0 radical (unpaired) electrons. The second kappa shape index (κ2) is 8.24. The van der Waals surface area contributed by atoms with E-state index in [1.165, 1.54) is 5.01 Å². The lowest BCUT2D eigenvalue weighted by Crippen LogP contribution is -2.39. The third-order valence-electron chi connectivity index (χ3n) is 3.21. The van der Waals surface area contributed by atoms with Gasteiger partial charge in [-0.25, -0.2) is 9.97 Å². The molecular weight excluding hydrogens is 314 g/mol. The lowest BCUT2D eigenvalue weighted by Gasteiger charge is -2.21. The summed E-state index contributed by atoms with van der Waals surface area (Å²) in [5, 5.41) is 9.93. The van der Waals surface area contributed by atoms with E-state index in [0.717, 1.165) is 48.3 Å². The number of hydrogen-bond acceptors (Lipinski definition) is 5. The first kappa shape index (κ1) is 16.9. The van der Waals surface area contributed by atoms with Gasteiger partial charge in [-0.2, -0.15) is 0 Å². The third kappa shape index (κ3) is 4.78. The molecule has 0 spiro atoms. The molecule has 0 aromatic carbocycles. The molecule has 2 aromatic rings. The van der Waals surface area contributed by atoms with Gasteiger partial charge < -0.3 is 10.2 Å². The molecule has 0 fully saturated rings. The number of hydrogen-bond donors (Lipinski definition) is 1. The molecule has 0 amide bonds. The summed E-state index contributed by atoms with van der Waals surface area (Å²) >= 11 is 3.42. The van der Waals surface area contributed by atoms with Crippen LogP contribution in [0.25, 0.3) is 0 Å². The van der Waals surface area contributed by atoms with Crippen molar-refractivity contribution in [2.24, 2.45) is 4.99 Å². The number of aryl methyl sites for hydroxylation is 2. The van der Waals surface area contributed by atoms with E-state index in [1.54, 1.807) is 22.7 Å². The van der Waals surface area contributed by atoms with Gasteiger partial charge in [-0.1, -0.05) is 6.92 Å². The molecule has 0 atom stereocenters. The van der Waals surface area contributed by atoms with Gasteiger partial charge in [0.15, 0.2) is 5.96 Å².